The Hall–Kier alpha value is -2.31. The molecule has 6 heteroatoms. The molecule has 2 N–H and O–H groups in total. The Morgan fingerprint density at radius 2 is 2.04 bits per heavy atom. The van der Waals surface area contributed by atoms with Gasteiger partial charge in [-0.2, -0.15) is 0 Å². The van der Waals surface area contributed by atoms with Crippen LogP contribution in [0.5, 0.6) is 0 Å². The van der Waals surface area contributed by atoms with Gasteiger partial charge in [-0.15, -0.1) is 11.8 Å². The fourth-order valence-electron chi connectivity index (χ4n) is 3.12. The molecule has 0 saturated carbocycles. The zero-order valence-corrected chi connectivity index (χ0v) is 15.0. The van der Waals surface area contributed by atoms with E-state index in [1.165, 1.54) is 0 Å². The van der Waals surface area contributed by atoms with E-state index < -0.39 is 0 Å². The van der Waals surface area contributed by atoms with Crippen molar-refractivity contribution < 1.29 is 4.79 Å². The molecule has 3 heterocycles. The first-order chi connectivity index (χ1) is 12.1. The van der Waals surface area contributed by atoms with Crippen molar-refractivity contribution in [3.63, 3.8) is 0 Å². The SMILES string of the molecule is CN(C)C(=O)C1CNC(c2c[nH]c3ncc(-c4ccccc4)cc23)S1. The van der Waals surface area contributed by atoms with Crippen LogP contribution in [0.1, 0.15) is 10.9 Å². The number of rotatable bonds is 3. The molecule has 4 rings (SSSR count). The smallest absolute Gasteiger partial charge is 0.236 e. The number of hydrogen-bond donors (Lipinski definition) is 2. The molecule has 2 atom stereocenters. The second kappa shape index (κ2) is 6.54. The number of benzene rings is 1. The summed E-state index contributed by atoms with van der Waals surface area (Å²) in [5.41, 5.74) is 4.27. The summed E-state index contributed by atoms with van der Waals surface area (Å²) >= 11 is 1.67. The molecule has 1 aromatic carbocycles. The Balaban J connectivity index is 1.66. The molecule has 1 amide bonds. The van der Waals surface area contributed by atoms with Crippen molar-refractivity contribution >= 4 is 28.7 Å². The molecule has 0 bridgehead atoms. The summed E-state index contributed by atoms with van der Waals surface area (Å²) in [6, 6.07) is 12.4. The molecular weight excluding hydrogens is 332 g/mol. The van der Waals surface area contributed by atoms with Crippen molar-refractivity contribution in [3.8, 4) is 11.1 Å². The highest BCUT2D eigenvalue weighted by Gasteiger charge is 2.33. The molecule has 2 aromatic heterocycles. The molecule has 128 valence electrons. The third-order valence-electron chi connectivity index (χ3n) is 4.46. The van der Waals surface area contributed by atoms with Gasteiger partial charge in [0.2, 0.25) is 5.91 Å². The van der Waals surface area contributed by atoms with Gasteiger partial charge in [0.15, 0.2) is 0 Å². The summed E-state index contributed by atoms with van der Waals surface area (Å²) in [5, 5.41) is 4.61. The molecule has 2 unspecified atom stereocenters. The molecule has 1 aliphatic rings. The first-order valence-electron chi connectivity index (χ1n) is 8.26. The Morgan fingerprint density at radius 3 is 2.80 bits per heavy atom. The van der Waals surface area contributed by atoms with Gasteiger partial charge < -0.3 is 9.88 Å². The van der Waals surface area contributed by atoms with Crippen LogP contribution in [0.15, 0.2) is 48.8 Å². The van der Waals surface area contributed by atoms with E-state index in [2.05, 4.69) is 33.5 Å². The first kappa shape index (κ1) is 16.2. The second-order valence-electron chi connectivity index (χ2n) is 6.38. The third-order valence-corrected chi connectivity index (χ3v) is 5.85. The van der Waals surface area contributed by atoms with Crippen molar-refractivity contribution in [1.82, 2.24) is 20.2 Å². The zero-order valence-electron chi connectivity index (χ0n) is 14.2. The van der Waals surface area contributed by atoms with E-state index in [0.717, 1.165) is 27.7 Å². The van der Waals surface area contributed by atoms with E-state index in [1.807, 2.05) is 30.6 Å². The van der Waals surface area contributed by atoms with Crippen LogP contribution in [-0.2, 0) is 4.79 Å². The maximum Gasteiger partial charge on any atom is 0.236 e. The number of hydrogen-bond acceptors (Lipinski definition) is 4. The first-order valence-corrected chi connectivity index (χ1v) is 9.20. The number of thioether (sulfide) groups is 1. The summed E-state index contributed by atoms with van der Waals surface area (Å²) in [4.78, 5) is 21.7. The van der Waals surface area contributed by atoms with Gasteiger partial charge in [0.25, 0.3) is 0 Å². The highest BCUT2D eigenvalue weighted by atomic mass is 32.2. The lowest BCUT2D eigenvalue weighted by molar-refractivity contribution is -0.127. The van der Waals surface area contributed by atoms with Crippen molar-refractivity contribution in [2.75, 3.05) is 20.6 Å². The number of nitrogens with zero attached hydrogens (tertiary/aromatic N) is 2. The van der Waals surface area contributed by atoms with Crippen LogP contribution in [0, 0.1) is 0 Å². The maximum atomic E-state index is 12.2. The van der Waals surface area contributed by atoms with E-state index in [9.17, 15) is 4.79 Å². The standard InChI is InChI=1S/C19H20N4OS/c1-23(2)19(24)16-11-22-18(25-16)15-10-21-17-14(15)8-13(9-20-17)12-6-4-3-5-7-12/h3-10,16,18,22H,11H2,1-2H3,(H,20,21). The summed E-state index contributed by atoms with van der Waals surface area (Å²) in [6.45, 7) is 0.685. The zero-order chi connectivity index (χ0) is 17.4. The van der Waals surface area contributed by atoms with E-state index in [4.69, 9.17) is 0 Å². The van der Waals surface area contributed by atoms with Crippen LogP contribution in [0.25, 0.3) is 22.2 Å². The van der Waals surface area contributed by atoms with Crippen molar-refractivity contribution in [3.05, 3.63) is 54.4 Å². The van der Waals surface area contributed by atoms with E-state index >= 15 is 0 Å². The van der Waals surface area contributed by atoms with Gasteiger partial charge >= 0.3 is 0 Å². The van der Waals surface area contributed by atoms with Crippen LogP contribution in [0.4, 0.5) is 0 Å². The molecule has 0 radical (unpaired) electrons. The van der Waals surface area contributed by atoms with E-state index in [0.29, 0.717) is 6.54 Å². The Morgan fingerprint density at radius 1 is 1.24 bits per heavy atom. The number of carbonyl (C=O) groups excluding carboxylic acids is 1. The number of amides is 1. The molecule has 25 heavy (non-hydrogen) atoms. The van der Waals surface area contributed by atoms with Crippen LogP contribution < -0.4 is 5.32 Å². The minimum Gasteiger partial charge on any atom is -0.348 e. The lowest BCUT2D eigenvalue weighted by Crippen LogP contribution is -2.33. The lowest BCUT2D eigenvalue weighted by atomic mass is 10.1. The molecule has 0 aliphatic carbocycles. The lowest BCUT2D eigenvalue weighted by Gasteiger charge is -2.15. The van der Waals surface area contributed by atoms with Crippen LogP contribution in [-0.4, -0.2) is 46.7 Å². The van der Waals surface area contributed by atoms with Gasteiger partial charge in [0.1, 0.15) is 5.65 Å². The van der Waals surface area contributed by atoms with E-state index in [-0.39, 0.29) is 16.5 Å². The van der Waals surface area contributed by atoms with E-state index in [1.54, 1.807) is 30.8 Å². The predicted octanol–water partition coefficient (Wildman–Crippen LogP) is 3.02. The minimum atomic E-state index is -0.0461. The number of fused-ring (bicyclic) bond motifs is 1. The average Bonchev–Trinajstić information content (AvgIpc) is 3.27. The molecule has 5 nitrogen and oxygen atoms in total. The molecule has 1 aliphatic heterocycles. The number of aromatic amines is 1. The molecule has 3 aromatic rings. The Labute approximate surface area is 150 Å². The largest absolute Gasteiger partial charge is 0.348 e. The monoisotopic (exact) mass is 352 g/mol. The number of H-pyrrole nitrogens is 1. The highest BCUT2D eigenvalue weighted by molar-refractivity contribution is 8.01. The fourth-order valence-corrected chi connectivity index (χ4v) is 4.50. The third kappa shape index (κ3) is 3.03. The van der Waals surface area contributed by atoms with Crippen molar-refractivity contribution in [1.29, 1.82) is 0 Å². The maximum absolute atomic E-state index is 12.2. The molecule has 0 spiro atoms. The number of aromatic nitrogens is 2. The molecule has 1 saturated heterocycles. The van der Waals surface area contributed by atoms with Crippen LogP contribution in [0.2, 0.25) is 0 Å². The van der Waals surface area contributed by atoms with Crippen LogP contribution >= 0.6 is 11.8 Å². The van der Waals surface area contributed by atoms with Gasteiger partial charge in [0, 0.05) is 49.5 Å². The summed E-state index contributed by atoms with van der Waals surface area (Å²) in [6.07, 6.45) is 3.89. The second-order valence-corrected chi connectivity index (χ2v) is 7.69. The highest BCUT2D eigenvalue weighted by Crippen LogP contribution is 2.39. The summed E-state index contributed by atoms with van der Waals surface area (Å²) in [7, 11) is 3.61. The molecule has 1 fully saturated rings. The van der Waals surface area contributed by atoms with Crippen molar-refractivity contribution in [2.45, 2.75) is 10.6 Å². The normalized spacial score (nSPS) is 20.1. The van der Waals surface area contributed by atoms with Gasteiger partial charge in [-0.3, -0.25) is 10.1 Å². The molecular formula is C19H20N4OS. The van der Waals surface area contributed by atoms with Crippen LogP contribution in [0.3, 0.4) is 0 Å². The average molecular weight is 352 g/mol. The number of pyridine rings is 1. The minimum absolute atomic E-state index is 0.0461. The summed E-state index contributed by atoms with van der Waals surface area (Å²) in [5.74, 6) is 0.156. The van der Waals surface area contributed by atoms with Gasteiger partial charge in [-0.25, -0.2) is 4.98 Å². The Bertz CT molecular complexity index is 906. The van der Waals surface area contributed by atoms with Gasteiger partial charge in [-0.1, -0.05) is 30.3 Å². The predicted molar refractivity (Wildman–Crippen MR) is 102 cm³/mol. The van der Waals surface area contributed by atoms with Gasteiger partial charge in [0.05, 0.1) is 10.6 Å². The quantitative estimate of drug-likeness (QED) is 0.761. The van der Waals surface area contributed by atoms with Gasteiger partial charge in [-0.05, 0) is 11.6 Å². The number of nitrogens with one attached hydrogen (secondary N) is 2. The van der Waals surface area contributed by atoms with Crippen molar-refractivity contribution in [2.24, 2.45) is 0 Å². The summed E-state index contributed by atoms with van der Waals surface area (Å²) < 4.78 is 0. The topological polar surface area (TPSA) is 61.0 Å². The fraction of sp³-hybridized carbons (Fsp3) is 0.263. The Kier molecular flexibility index (Phi) is 4.23. The number of carbonyl (C=O) groups is 1.